The van der Waals surface area contributed by atoms with E-state index in [4.69, 9.17) is 9.47 Å². The van der Waals surface area contributed by atoms with Crippen molar-refractivity contribution >= 4 is 22.2 Å². The highest BCUT2D eigenvalue weighted by Gasteiger charge is 2.49. The van der Waals surface area contributed by atoms with E-state index in [0.717, 1.165) is 34.3 Å². The standard InChI is InChI=1S/C23H20F3N5O3S/c1-12-8-22(9-12,21-29-27-11-30(21)2)16-3-4-17(35-16)31-10-14(23(24,25)26)13-7-15(20-33-5-6-34-20)28-18(13)19(31)32/h3-7,10-12,20,28H,8-9H2,1-2H3. The smallest absolute Gasteiger partial charge is 0.418 e. The highest BCUT2D eigenvalue weighted by atomic mass is 32.1. The van der Waals surface area contributed by atoms with E-state index >= 15 is 0 Å². The van der Waals surface area contributed by atoms with Crippen molar-refractivity contribution in [2.45, 2.75) is 37.6 Å². The molecule has 4 aromatic heterocycles. The molecule has 1 N–H and O–H groups in total. The lowest BCUT2D eigenvalue weighted by Crippen LogP contribution is -2.42. The molecule has 35 heavy (non-hydrogen) atoms. The van der Waals surface area contributed by atoms with Crippen molar-refractivity contribution in [2.75, 3.05) is 0 Å². The van der Waals surface area contributed by atoms with Crippen LogP contribution in [-0.2, 0) is 28.1 Å². The molecule has 2 aliphatic rings. The molecule has 12 heteroatoms. The maximum absolute atomic E-state index is 14.0. The van der Waals surface area contributed by atoms with Gasteiger partial charge in [0.1, 0.15) is 35.2 Å². The number of fused-ring (bicyclic) bond motifs is 1. The topological polar surface area (TPSA) is 87.0 Å². The summed E-state index contributed by atoms with van der Waals surface area (Å²) in [5.41, 5.74) is -1.83. The number of hydrogen-bond acceptors (Lipinski definition) is 6. The van der Waals surface area contributed by atoms with Crippen LogP contribution in [0.3, 0.4) is 0 Å². The predicted molar refractivity (Wildman–Crippen MR) is 121 cm³/mol. The molecule has 0 amide bonds. The van der Waals surface area contributed by atoms with E-state index in [1.165, 1.54) is 29.9 Å². The second-order valence-corrected chi connectivity index (χ2v) is 10.2. The molecule has 0 unspecified atom stereocenters. The van der Waals surface area contributed by atoms with E-state index in [1.54, 1.807) is 12.4 Å². The van der Waals surface area contributed by atoms with Crippen molar-refractivity contribution in [2.24, 2.45) is 13.0 Å². The third kappa shape index (κ3) is 3.30. The number of nitrogens with one attached hydrogen (secondary N) is 1. The summed E-state index contributed by atoms with van der Waals surface area (Å²) in [6.07, 6.45) is 1.17. The van der Waals surface area contributed by atoms with Crippen LogP contribution in [0, 0.1) is 5.92 Å². The summed E-state index contributed by atoms with van der Waals surface area (Å²) in [5.74, 6) is 1.28. The number of aromatic amines is 1. The summed E-state index contributed by atoms with van der Waals surface area (Å²) in [4.78, 5) is 17.1. The van der Waals surface area contributed by atoms with E-state index in [9.17, 15) is 18.0 Å². The largest absolute Gasteiger partial charge is 0.454 e. The summed E-state index contributed by atoms with van der Waals surface area (Å²) in [6, 6.07) is 4.81. The number of thiophene rings is 1. The number of ether oxygens (including phenoxy) is 2. The normalized spacial score (nSPS) is 22.4. The quantitative estimate of drug-likeness (QED) is 0.434. The second-order valence-electron chi connectivity index (χ2n) is 9.10. The highest BCUT2D eigenvalue weighted by Crippen LogP contribution is 2.53. The molecule has 1 saturated carbocycles. The molecule has 0 radical (unpaired) electrons. The third-order valence-corrected chi connectivity index (χ3v) is 7.96. The molecule has 1 aliphatic heterocycles. The van der Waals surface area contributed by atoms with Gasteiger partial charge in [0.25, 0.3) is 11.8 Å². The van der Waals surface area contributed by atoms with Crippen LogP contribution in [0.5, 0.6) is 0 Å². The first-order valence-electron chi connectivity index (χ1n) is 10.9. The molecule has 5 heterocycles. The van der Waals surface area contributed by atoms with E-state index in [-0.39, 0.29) is 22.0 Å². The van der Waals surface area contributed by atoms with Crippen LogP contribution in [-0.4, -0.2) is 24.3 Å². The molecule has 0 atom stereocenters. The SMILES string of the molecule is CC1CC(c2ccc(-n3cc(C(F)(F)F)c4cc(C5OC=CO5)[nH]c4c3=O)s2)(c2nncn2C)C1. The molecule has 0 spiro atoms. The van der Waals surface area contributed by atoms with Gasteiger partial charge in [0.05, 0.1) is 16.7 Å². The van der Waals surface area contributed by atoms with E-state index in [2.05, 4.69) is 22.1 Å². The van der Waals surface area contributed by atoms with Gasteiger partial charge in [-0.2, -0.15) is 13.2 Å². The van der Waals surface area contributed by atoms with Gasteiger partial charge in [0, 0.05) is 23.5 Å². The van der Waals surface area contributed by atoms with Crippen molar-refractivity contribution in [3.63, 3.8) is 0 Å². The Kier molecular flexibility index (Phi) is 4.69. The molecule has 182 valence electrons. The second kappa shape index (κ2) is 7.48. The third-order valence-electron chi connectivity index (χ3n) is 6.67. The molecule has 8 nitrogen and oxygen atoms in total. The Morgan fingerprint density at radius 3 is 2.60 bits per heavy atom. The van der Waals surface area contributed by atoms with Crippen molar-refractivity contribution < 1.29 is 22.6 Å². The zero-order valence-corrected chi connectivity index (χ0v) is 19.5. The van der Waals surface area contributed by atoms with Crippen LogP contribution in [0.1, 0.15) is 48.0 Å². The minimum absolute atomic E-state index is 0.163. The van der Waals surface area contributed by atoms with Crippen LogP contribution >= 0.6 is 11.3 Å². The molecular formula is C23H20F3N5O3S. The van der Waals surface area contributed by atoms with Gasteiger partial charge < -0.3 is 19.0 Å². The summed E-state index contributed by atoms with van der Waals surface area (Å²) < 4.78 is 55.5. The Balaban J connectivity index is 1.49. The number of aryl methyl sites for hydroxylation is 1. The van der Waals surface area contributed by atoms with Gasteiger partial charge in [-0.25, -0.2) is 0 Å². The highest BCUT2D eigenvalue weighted by molar-refractivity contribution is 7.14. The first-order chi connectivity index (χ1) is 16.7. The lowest BCUT2D eigenvalue weighted by molar-refractivity contribution is -0.136. The summed E-state index contributed by atoms with van der Waals surface area (Å²) in [6.45, 7) is 2.15. The summed E-state index contributed by atoms with van der Waals surface area (Å²) in [5, 5.41) is 8.50. The number of hydrogen-bond donors (Lipinski definition) is 1. The molecule has 1 aliphatic carbocycles. The van der Waals surface area contributed by atoms with Gasteiger partial charge in [-0.3, -0.25) is 9.36 Å². The van der Waals surface area contributed by atoms with Gasteiger partial charge in [-0.05, 0) is 37.0 Å². The maximum Gasteiger partial charge on any atom is 0.418 e. The number of H-pyrrole nitrogens is 1. The molecule has 0 bridgehead atoms. The first-order valence-corrected chi connectivity index (χ1v) is 11.8. The zero-order chi connectivity index (χ0) is 24.5. The van der Waals surface area contributed by atoms with Crippen molar-refractivity contribution in [3.8, 4) is 5.00 Å². The number of rotatable bonds is 4. The van der Waals surface area contributed by atoms with Gasteiger partial charge in [0.2, 0.25) is 0 Å². The van der Waals surface area contributed by atoms with Crippen LogP contribution < -0.4 is 5.56 Å². The first kappa shape index (κ1) is 22.0. The van der Waals surface area contributed by atoms with Crippen LogP contribution in [0.15, 0.2) is 48.0 Å². The van der Waals surface area contributed by atoms with E-state index < -0.39 is 23.6 Å². The average Bonchev–Trinajstić information content (AvgIpc) is 3.57. The maximum atomic E-state index is 14.0. The van der Waals surface area contributed by atoms with Crippen molar-refractivity contribution in [1.82, 2.24) is 24.3 Å². The van der Waals surface area contributed by atoms with Crippen molar-refractivity contribution in [3.05, 3.63) is 75.6 Å². The van der Waals surface area contributed by atoms with Gasteiger partial charge >= 0.3 is 6.18 Å². The molecule has 1 fully saturated rings. The van der Waals surface area contributed by atoms with Crippen molar-refractivity contribution in [1.29, 1.82) is 0 Å². The van der Waals surface area contributed by atoms with Gasteiger partial charge in [-0.15, -0.1) is 21.5 Å². The Morgan fingerprint density at radius 2 is 1.97 bits per heavy atom. The van der Waals surface area contributed by atoms with Gasteiger partial charge in [-0.1, -0.05) is 6.92 Å². The average molecular weight is 504 g/mol. The zero-order valence-electron chi connectivity index (χ0n) is 18.7. The Morgan fingerprint density at radius 1 is 1.23 bits per heavy atom. The van der Waals surface area contributed by atoms with Crippen LogP contribution in [0.4, 0.5) is 13.2 Å². The van der Waals surface area contributed by atoms with E-state index in [1.807, 2.05) is 17.7 Å². The number of nitrogens with zero attached hydrogens (tertiary/aromatic N) is 4. The molecule has 4 aromatic rings. The Labute approximate surface area is 200 Å². The molecule has 0 aromatic carbocycles. The lowest BCUT2D eigenvalue weighted by Gasteiger charge is -2.44. The predicted octanol–water partition coefficient (Wildman–Crippen LogP) is 4.76. The summed E-state index contributed by atoms with van der Waals surface area (Å²) in [7, 11) is 1.87. The number of halogens is 3. The van der Waals surface area contributed by atoms with Gasteiger partial charge in [0.15, 0.2) is 0 Å². The van der Waals surface area contributed by atoms with Crippen LogP contribution in [0.2, 0.25) is 0 Å². The Bertz CT molecular complexity index is 1520. The van der Waals surface area contributed by atoms with Crippen LogP contribution in [0.25, 0.3) is 15.9 Å². The fourth-order valence-corrected chi connectivity index (χ4v) is 6.38. The monoisotopic (exact) mass is 503 g/mol. The fourth-order valence-electron chi connectivity index (χ4n) is 5.19. The number of aromatic nitrogens is 5. The minimum Gasteiger partial charge on any atom is -0.454 e. The minimum atomic E-state index is -4.67. The molecule has 6 rings (SSSR count). The van der Waals surface area contributed by atoms with E-state index in [0.29, 0.717) is 10.9 Å². The Hall–Kier alpha value is -3.54. The fraction of sp³-hybridized carbons (Fsp3) is 0.348. The number of alkyl halides is 3. The lowest BCUT2D eigenvalue weighted by atomic mass is 9.61. The molecule has 0 saturated heterocycles. The number of pyridine rings is 1. The molecular weight excluding hydrogens is 483 g/mol. The summed E-state index contributed by atoms with van der Waals surface area (Å²) >= 11 is 1.29.